The third-order valence-corrected chi connectivity index (χ3v) is 3.37. The zero-order chi connectivity index (χ0) is 14.4. The molecule has 1 amide bonds. The van der Waals surface area contributed by atoms with Gasteiger partial charge in [0, 0.05) is 12.1 Å². The van der Waals surface area contributed by atoms with Crippen molar-refractivity contribution in [2.75, 3.05) is 6.54 Å². The summed E-state index contributed by atoms with van der Waals surface area (Å²) in [5.41, 5.74) is 9.60. The number of carbonyl (C=O) groups is 1. The highest BCUT2D eigenvalue weighted by molar-refractivity contribution is 5.92. The third-order valence-electron chi connectivity index (χ3n) is 3.37. The molecule has 0 saturated heterocycles. The van der Waals surface area contributed by atoms with Crippen molar-refractivity contribution in [2.24, 2.45) is 5.73 Å². The number of primary amides is 1. The van der Waals surface area contributed by atoms with Gasteiger partial charge >= 0.3 is 0 Å². The first kappa shape index (κ1) is 14.3. The van der Waals surface area contributed by atoms with E-state index in [0.717, 1.165) is 25.1 Å². The molecule has 0 heterocycles. The summed E-state index contributed by atoms with van der Waals surface area (Å²) in [6.07, 6.45) is 1.00. The quantitative estimate of drug-likeness (QED) is 0.791. The van der Waals surface area contributed by atoms with E-state index >= 15 is 0 Å². The topological polar surface area (TPSA) is 55.1 Å². The van der Waals surface area contributed by atoms with Gasteiger partial charge in [-0.15, -0.1) is 0 Å². The molecular formula is C17H20N2O. The number of carbonyl (C=O) groups excluding carboxylic acids is 1. The van der Waals surface area contributed by atoms with Gasteiger partial charge in [0.05, 0.1) is 0 Å². The highest BCUT2D eigenvalue weighted by Crippen LogP contribution is 2.07. The minimum atomic E-state index is -0.383. The second kappa shape index (κ2) is 6.87. The fraction of sp³-hybridized carbons (Fsp3) is 0.235. The highest BCUT2D eigenvalue weighted by atomic mass is 16.1. The van der Waals surface area contributed by atoms with Crippen molar-refractivity contribution in [1.82, 2.24) is 5.32 Å². The van der Waals surface area contributed by atoms with Crippen LogP contribution in [-0.2, 0) is 13.0 Å². The van der Waals surface area contributed by atoms with Gasteiger partial charge in [0.2, 0.25) is 5.91 Å². The molecule has 20 heavy (non-hydrogen) atoms. The summed E-state index contributed by atoms with van der Waals surface area (Å²) in [6.45, 7) is 3.78. The molecule has 2 aromatic rings. The predicted molar refractivity (Wildman–Crippen MR) is 81.5 cm³/mol. The molecule has 0 saturated carbocycles. The lowest BCUT2D eigenvalue weighted by Gasteiger charge is -2.08. The van der Waals surface area contributed by atoms with E-state index in [-0.39, 0.29) is 5.91 Å². The Morgan fingerprint density at radius 3 is 2.70 bits per heavy atom. The summed E-state index contributed by atoms with van der Waals surface area (Å²) < 4.78 is 0. The van der Waals surface area contributed by atoms with Gasteiger partial charge in [0.25, 0.3) is 0 Å². The monoisotopic (exact) mass is 268 g/mol. The molecular weight excluding hydrogens is 248 g/mol. The van der Waals surface area contributed by atoms with E-state index in [9.17, 15) is 4.79 Å². The smallest absolute Gasteiger partial charge is 0.248 e. The lowest BCUT2D eigenvalue weighted by molar-refractivity contribution is 0.1000. The number of hydrogen-bond acceptors (Lipinski definition) is 2. The maximum Gasteiger partial charge on any atom is 0.248 e. The molecule has 104 valence electrons. The Bertz CT molecular complexity index is 593. The van der Waals surface area contributed by atoms with Gasteiger partial charge in [-0.1, -0.05) is 36.4 Å². The lowest BCUT2D eigenvalue weighted by atomic mass is 10.1. The average Bonchev–Trinajstić information content (AvgIpc) is 2.45. The van der Waals surface area contributed by atoms with E-state index in [1.165, 1.54) is 11.1 Å². The van der Waals surface area contributed by atoms with Crippen LogP contribution in [0.15, 0.2) is 48.5 Å². The standard InChI is InChI=1S/C17H20N2O/c1-13-5-2-3-7-15(13)9-10-19-12-14-6-4-8-16(11-14)17(18)20/h2-8,11,19H,9-10,12H2,1H3,(H2,18,20). The first-order valence-corrected chi connectivity index (χ1v) is 6.81. The molecule has 0 aliphatic carbocycles. The van der Waals surface area contributed by atoms with Gasteiger partial charge in [-0.25, -0.2) is 0 Å². The molecule has 0 unspecified atom stereocenters. The predicted octanol–water partition coefficient (Wildman–Crippen LogP) is 2.43. The second-order valence-electron chi connectivity index (χ2n) is 4.92. The van der Waals surface area contributed by atoms with Crippen molar-refractivity contribution < 1.29 is 4.79 Å². The summed E-state index contributed by atoms with van der Waals surface area (Å²) in [7, 11) is 0. The van der Waals surface area contributed by atoms with Gasteiger partial charge in [0.1, 0.15) is 0 Å². The molecule has 0 radical (unpaired) electrons. The highest BCUT2D eigenvalue weighted by Gasteiger charge is 2.01. The molecule has 0 aliphatic heterocycles. The van der Waals surface area contributed by atoms with Gasteiger partial charge in [-0.2, -0.15) is 0 Å². The van der Waals surface area contributed by atoms with Crippen molar-refractivity contribution in [3.63, 3.8) is 0 Å². The number of nitrogens with two attached hydrogens (primary N) is 1. The summed E-state index contributed by atoms with van der Waals surface area (Å²) in [5, 5.41) is 3.39. The number of benzene rings is 2. The normalized spacial score (nSPS) is 10.4. The Morgan fingerprint density at radius 2 is 1.95 bits per heavy atom. The van der Waals surface area contributed by atoms with E-state index < -0.39 is 0 Å². The van der Waals surface area contributed by atoms with Crippen molar-refractivity contribution in [3.05, 3.63) is 70.8 Å². The van der Waals surface area contributed by atoms with E-state index in [1.807, 2.05) is 18.2 Å². The van der Waals surface area contributed by atoms with Crippen LogP contribution in [0.5, 0.6) is 0 Å². The summed E-state index contributed by atoms with van der Waals surface area (Å²) in [5.74, 6) is -0.383. The number of nitrogens with one attached hydrogen (secondary N) is 1. The van der Waals surface area contributed by atoms with E-state index in [4.69, 9.17) is 5.73 Å². The van der Waals surface area contributed by atoms with Crippen molar-refractivity contribution in [3.8, 4) is 0 Å². The van der Waals surface area contributed by atoms with Gasteiger partial charge in [0.15, 0.2) is 0 Å². The Kier molecular flexibility index (Phi) is 4.91. The lowest BCUT2D eigenvalue weighted by Crippen LogP contribution is -2.18. The maximum absolute atomic E-state index is 11.1. The van der Waals surface area contributed by atoms with Crippen molar-refractivity contribution in [2.45, 2.75) is 19.9 Å². The van der Waals surface area contributed by atoms with Crippen LogP contribution in [0.1, 0.15) is 27.0 Å². The molecule has 0 bridgehead atoms. The second-order valence-corrected chi connectivity index (χ2v) is 4.92. The molecule has 2 rings (SSSR count). The number of rotatable bonds is 6. The molecule has 2 aromatic carbocycles. The maximum atomic E-state index is 11.1. The van der Waals surface area contributed by atoms with Crippen LogP contribution in [0.25, 0.3) is 0 Å². The fourth-order valence-corrected chi connectivity index (χ4v) is 2.18. The molecule has 0 spiro atoms. The van der Waals surface area contributed by atoms with Crippen LogP contribution in [0.3, 0.4) is 0 Å². The summed E-state index contributed by atoms with van der Waals surface area (Å²) >= 11 is 0. The Balaban J connectivity index is 1.83. The summed E-state index contributed by atoms with van der Waals surface area (Å²) in [4.78, 5) is 11.1. The molecule has 0 atom stereocenters. The third kappa shape index (κ3) is 3.93. The minimum Gasteiger partial charge on any atom is -0.366 e. The van der Waals surface area contributed by atoms with Crippen LogP contribution < -0.4 is 11.1 Å². The molecule has 3 N–H and O–H groups in total. The Hall–Kier alpha value is -2.13. The van der Waals surface area contributed by atoms with Crippen LogP contribution in [-0.4, -0.2) is 12.5 Å². The summed E-state index contributed by atoms with van der Waals surface area (Å²) in [6, 6.07) is 15.8. The Labute approximate surface area is 119 Å². The molecule has 0 aromatic heterocycles. The zero-order valence-electron chi connectivity index (χ0n) is 11.7. The van der Waals surface area contributed by atoms with Crippen LogP contribution in [0.4, 0.5) is 0 Å². The van der Waals surface area contributed by atoms with Crippen LogP contribution >= 0.6 is 0 Å². The van der Waals surface area contributed by atoms with E-state index in [2.05, 4.69) is 36.5 Å². The minimum absolute atomic E-state index is 0.383. The van der Waals surface area contributed by atoms with Crippen LogP contribution in [0, 0.1) is 6.92 Å². The first-order chi connectivity index (χ1) is 9.66. The van der Waals surface area contributed by atoms with Crippen LogP contribution in [0.2, 0.25) is 0 Å². The fourth-order valence-electron chi connectivity index (χ4n) is 2.18. The molecule has 3 nitrogen and oxygen atoms in total. The zero-order valence-corrected chi connectivity index (χ0v) is 11.7. The van der Waals surface area contributed by atoms with Crippen molar-refractivity contribution >= 4 is 5.91 Å². The van der Waals surface area contributed by atoms with Gasteiger partial charge in [-0.05, 0) is 48.7 Å². The number of amides is 1. The largest absolute Gasteiger partial charge is 0.366 e. The van der Waals surface area contributed by atoms with Gasteiger partial charge in [-0.3, -0.25) is 4.79 Å². The SMILES string of the molecule is Cc1ccccc1CCNCc1cccc(C(N)=O)c1. The van der Waals surface area contributed by atoms with E-state index in [0.29, 0.717) is 5.56 Å². The average molecular weight is 268 g/mol. The van der Waals surface area contributed by atoms with Crippen molar-refractivity contribution in [1.29, 1.82) is 0 Å². The first-order valence-electron chi connectivity index (χ1n) is 6.81. The number of hydrogen-bond donors (Lipinski definition) is 2. The molecule has 3 heteroatoms. The van der Waals surface area contributed by atoms with Gasteiger partial charge < -0.3 is 11.1 Å². The molecule has 0 fully saturated rings. The Morgan fingerprint density at radius 1 is 1.15 bits per heavy atom. The number of aryl methyl sites for hydroxylation is 1. The molecule has 0 aliphatic rings. The van der Waals surface area contributed by atoms with E-state index in [1.54, 1.807) is 6.07 Å².